The number of aromatic hydroxyl groups is 1. The minimum atomic E-state index is -1.07. The summed E-state index contributed by atoms with van der Waals surface area (Å²) in [5.74, 6) is -1.04. The number of nitrogens with one attached hydrogen (secondary N) is 2. The SMILES string of the molecule is N[C@@H](Cc1ccc(O)cc1)C(=O)N1Cc2ccccc2C[C@@H]1CN[C@H](CC1CCCCC1)C(=O)N[C@H](Cc1ccccc1)C(=O)O. The summed E-state index contributed by atoms with van der Waals surface area (Å²) < 4.78 is 0. The fourth-order valence-corrected chi connectivity index (χ4v) is 6.85. The number of rotatable bonds is 13. The van der Waals surface area contributed by atoms with Crippen LogP contribution in [0.5, 0.6) is 5.75 Å². The van der Waals surface area contributed by atoms with Crippen LogP contribution in [0, 0.1) is 5.92 Å². The molecule has 9 nitrogen and oxygen atoms in total. The highest BCUT2D eigenvalue weighted by Gasteiger charge is 2.34. The Bertz CT molecular complexity index is 1460. The lowest BCUT2D eigenvalue weighted by molar-refractivity contribution is -0.142. The smallest absolute Gasteiger partial charge is 0.326 e. The third-order valence-electron chi connectivity index (χ3n) is 9.45. The maximum atomic E-state index is 13.9. The molecule has 4 atom stereocenters. The number of nitrogens with two attached hydrogens (primary N) is 1. The first-order valence-corrected chi connectivity index (χ1v) is 16.5. The number of fused-ring (bicyclic) bond motifs is 1. The second-order valence-electron chi connectivity index (χ2n) is 12.9. The Morgan fingerprint density at radius 3 is 2.17 bits per heavy atom. The van der Waals surface area contributed by atoms with E-state index in [1.54, 1.807) is 24.3 Å². The lowest BCUT2D eigenvalue weighted by Crippen LogP contribution is -2.57. The molecule has 0 saturated heterocycles. The van der Waals surface area contributed by atoms with E-state index in [1.807, 2.05) is 53.4 Å². The molecule has 244 valence electrons. The average molecular weight is 627 g/mol. The molecule has 0 bridgehead atoms. The number of carboxylic acids is 1. The summed E-state index contributed by atoms with van der Waals surface area (Å²) in [6.45, 7) is 0.787. The highest BCUT2D eigenvalue weighted by Crippen LogP contribution is 2.28. The highest BCUT2D eigenvalue weighted by atomic mass is 16.4. The molecule has 0 aromatic heterocycles. The molecule has 46 heavy (non-hydrogen) atoms. The Labute approximate surface area is 271 Å². The van der Waals surface area contributed by atoms with Crippen molar-refractivity contribution in [1.29, 1.82) is 0 Å². The van der Waals surface area contributed by atoms with Crippen molar-refractivity contribution >= 4 is 17.8 Å². The number of carbonyl (C=O) groups is 3. The zero-order valence-electron chi connectivity index (χ0n) is 26.3. The van der Waals surface area contributed by atoms with Gasteiger partial charge in [-0.25, -0.2) is 4.79 Å². The molecule has 3 aromatic carbocycles. The van der Waals surface area contributed by atoms with Crippen LogP contribution >= 0.6 is 0 Å². The molecule has 1 heterocycles. The Kier molecular flexibility index (Phi) is 11.4. The van der Waals surface area contributed by atoms with Crippen molar-refractivity contribution in [3.8, 4) is 5.75 Å². The van der Waals surface area contributed by atoms with E-state index in [-0.39, 0.29) is 30.0 Å². The van der Waals surface area contributed by atoms with Crippen LogP contribution in [0.25, 0.3) is 0 Å². The van der Waals surface area contributed by atoms with Gasteiger partial charge in [0.25, 0.3) is 0 Å². The summed E-state index contributed by atoms with van der Waals surface area (Å²) in [4.78, 5) is 41.7. The van der Waals surface area contributed by atoms with Crippen LogP contribution in [0.3, 0.4) is 0 Å². The molecule has 2 aliphatic rings. The van der Waals surface area contributed by atoms with Gasteiger partial charge in [0.1, 0.15) is 11.8 Å². The lowest BCUT2D eigenvalue weighted by atomic mass is 9.84. The summed E-state index contributed by atoms with van der Waals surface area (Å²) in [6, 6.07) is 21.4. The van der Waals surface area contributed by atoms with Crippen LogP contribution in [0.2, 0.25) is 0 Å². The number of aliphatic carboxylic acids is 1. The number of amides is 2. The van der Waals surface area contributed by atoms with Crippen molar-refractivity contribution in [2.45, 2.75) is 88.5 Å². The summed E-state index contributed by atoms with van der Waals surface area (Å²) in [6.07, 6.45) is 7.31. The van der Waals surface area contributed by atoms with Gasteiger partial charge in [0, 0.05) is 25.6 Å². The van der Waals surface area contributed by atoms with Crippen LogP contribution in [0.1, 0.15) is 60.8 Å². The fraction of sp³-hybridized carbons (Fsp3) is 0.432. The number of nitrogens with zero attached hydrogens (tertiary/aromatic N) is 1. The van der Waals surface area contributed by atoms with Crippen LogP contribution in [0.4, 0.5) is 0 Å². The van der Waals surface area contributed by atoms with Gasteiger partial charge in [-0.3, -0.25) is 9.59 Å². The lowest BCUT2D eigenvalue weighted by Gasteiger charge is -2.39. The molecule has 0 radical (unpaired) electrons. The van der Waals surface area contributed by atoms with Crippen LogP contribution in [-0.2, 0) is 40.2 Å². The Hall–Kier alpha value is -4.21. The summed E-state index contributed by atoms with van der Waals surface area (Å²) in [5.41, 5.74) is 10.4. The molecule has 1 saturated carbocycles. The predicted octanol–water partition coefficient (Wildman–Crippen LogP) is 3.96. The highest BCUT2D eigenvalue weighted by molar-refractivity contribution is 5.87. The van der Waals surface area contributed by atoms with E-state index in [4.69, 9.17) is 5.73 Å². The van der Waals surface area contributed by atoms with Gasteiger partial charge in [-0.2, -0.15) is 0 Å². The van der Waals surface area contributed by atoms with Gasteiger partial charge in [-0.15, -0.1) is 0 Å². The third kappa shape index (κ3) is 8.95. The maximum Gasteiger partial charge on any atom is 0.326 e. The minimum Gasteiger partial charge on any atom is -0.508 e. The number of phenols is 1. The summed E-state index contributed by atoms with van der Waals surface area (Å²) in [5, 5.41) is 25.9. The molecule has 0 unspecified atom stereocenters. The van der Waals surface area contributed by atoms with Crippen LogP contribution < -0.4 is 16.4 Å². The molecular weight excluding hydrogens is 580 g/mol. The first-order chi connectivity index (χ1) is 22.3. The van der Waals surface area contributed by atoms with Crippen LogP contribution in [-0.4, -0.2) is 63.6 Å². The molecule has 5 rings (SSSR count). The van der Waals surface area contributed by atoms with Crippen molar-refractivity contribution in [2.24, 2.45) is 11.7 Å². The van der Waals surface area contributed by atoms with E-state index < -0.39 is 24.1 Å². The molecule has 0 spiro atoms. The summed E-state index contributed by atoms with van der Waals surface area (Å²) in [7, 11) is 0. The average Bonchev–Trinajstić information content (AvgIpc) is 3.07. The van der Waals surface area contributed by atoms with Gasteiger partial charge in [0.05, 0.1) is 12.1 Å². The number of carboxylic acid groups (broad SMARTS) is 1. The number of carbonyl (C=O) groups excluding carboxylic acids is 2. The van der Waals surface area contributed by atoms with Gasteiger partial charge >= 0.3 is 5.97 Å². The second kappa shape index (κ2) is 15.9. The topological polar surface area (TPSA) is 145 Å². The van der Waals surface area contributed by atoms with E-state index in [0.717, 1.165) is 47.9 Å². The Balaban J connectivity index is 1.32. The van der Waals surface area contributed by atoms with Gasteiger partial charge in [0.15, 0.2) is 0 Å². The molecule has 9 heteroatoms. The largest absolute Gasteiger partial charge is 0.508 e. The maximum absolute atomic E-state index is 13.9. The zero-order valence-corrected chi connectivity index (χ0v) is 26.3. The molecular formula is C37H46N4O5. The van der Waals surface area contributed by atoms with E-state index in [0.29, 0.717) is 38.3 Å². The Morgan fingerprint density at radius 2 is 1.48 bits per heavy atom. The number of hydrogen-bond acceptors (Lipinski definition) is 6. The number of benzene rings is 3. The quantitative estimate of drug-likeness (QED) is 0.193. The fourth-order valence-electron chi connectivity index (χ4n) is 6.85. The number of hydrogen-bond donors (Lipinski definition) is 5. The zero-order chi connectivity index (χ0) is 32.5. The first kappa shape index (κ1) is 33.2. The third-order valence-corrected chi connectivity index (χ3v) is 9.45. The standard InChI is InChI=1S/C37H46N4O5/c38-32(19-27-15-17-31(42)18-16-27)36(44)41-24-29-14-8-7-13-28(29)22-30(41)23-39-33(20-25-9-3-1-4-10-25)35(43)40-34(37(45)46)21-26-11-5-2-6-12-26/h2,5-8,11-18,25,30,32-34,39,42H,1,3-4,9-10,19-24,38H2,(H,40,43)(H,45,46)/t30-,32+,33-,34-/m1/s1. The van der Waals surface area contributed by atoms with Gasteiger partial charge in [0.2, 0.25) is 11.8 Å². The van der Waals surface area contributed by atoms with Crippen molar-refractivity contribution < 1.29 is 24.6 Å². The van der Waals surface area contributed by atoms with Crippen molar-refractivity contribution in [1.82, 2.24) is 15.5 Å². The van der Waals surface area contributed by atoms with E-state index >= 15 is 0 Å². The van der Waals surface area contributed by atoms with E-state index in [1.165, 1.54) is 6.42 Å². The van der Waals surface area contributed by atoms with Crippen molar-refractivity contribution in [2.75, 3.05) is 6.54 Å². The molecule has 6 N–H and O–H groups in total. The molecule has 1 fully saturated rings. The van der Waals surface area contributed by atoms with Crippen molar-refractivity contribution in [3.63, 3.8) is 0 Å². The van der Waals surface area contributed by atoms with Gasteiger partial charge < -0.3 is 31.5 Å². The Morgan fingerprint density at radius 1 is 0.826 bits per heavy atom. The summed E-state index contributed by atoms with van der Waals surface area (Å²) >= 11 is 0. The monoisotopic (exact) mass is 626 g/mol. The number of phenolic OH excluding ortho intramolecular Hbond substituents is 1. The molecule has 1 aliphatic carbocycles. The van der Waals surface area contributed by atoms with E-state index in [2.05, 4.69) is 16.7 Å². The normalized spacial score (nSPS) is 18.6. The molecule has 1 aliphatic heterocycles. The second-order valence-corrected chi connectivity index (χ2v) is 12.9. The predicted molar refractivity (Wildman–Crippen MR) is 177 cm³/mol. The van der Waals surface area contributed by atoms with Crippen LogP contribution in [0.15, 0.2) is 78.9 Å². The van der Waals surface area contributed by atoms with Gasteiger partial charge in [-0.05, 0) is 59.6 Å². The molecule has 2 amide bonds. The van der Waals surface area contributed by atoms with E-state index in [9.17, 15) is 24.6 Å². The van der Waals surface area contributed by atoms with Gasteiger partial charge in [-0.1, -0.05) is 98.8 Å². The van der Waals surface area contributed by atoms with Crippen molar-refractivity contribution in [3.05, 3.63) is 101 Å². The first-order valence-electron chi connectivity index (χ1n) is 16.5. The molecule has 3 aromatic rings. The minimum absolute atomic E-state index is 0.156.